The van der Waals surface area contributed by atoms with E-state index < -0.39 is 6.10 Å². The zero-order chi connectivity index (χ0) is 24.0. The number of aromatic amines is 1. The maximum atomic E-state index is 13.5. The molecule has 0 saturated carbocycles. The van der Waals surface area contributed by atoms with Gasteiger partial charge in [-0.05, 0) is 57.9 Å². The predicted molar refractivity (Wildman–Crippen MR) is 128 cm³/mol. The van der Waals surface area contributed by atoms with Crippen molar-refractivity contribution in [3.63, 3.8) is 0 Å². The highest BCUT2D eigenvalue weighted by Crippen LogP contribution is 2.22. The number of nitrogens with zero attached hydrogens (tertiary/aromatic N) is 1. The van der Waals surface area contributed by atoms with Gasteiger partial charge in [-0.3, -0.25) is 4.79 Å². The fourth-order valence-electron chi connectivity index (χ4n) is 3.81. The van der Waals surface area contributed by atoms with Crippen LogP contribution in [-0.4, -0.2) is 34.5 Å². The molecule has 0 aliphatic heterocycles. The average molecular weight is 449 g/mol. The van der Waals surface area contributed by atoms with Crippen molar-refractivity contribution in [2.24, 2.45) is 0 Å². The summed E-state index contributed by atoms with van der Waals surface area (Å²) in [7, 11) is 0. The van der Waals surface area contributed by atoms with Crippen LogP contribution in [0.25, 0.3) is 0 Å². The minimum Gasteiger partial charge on any atom is -0.481 e. The lowest BCUT2D eigenvalue weighted by molar-refractivity contribution is -0.139. The monoisotopic (exact) mass is 448 g/mol. The molecule has 174 valence electrons. The van der Waals surface area contributed by atoms with E-state index in [1.165, 1.54) is 0 Å². The van der Waals surface area contributed by atoms with Crippen LogP contribution in [-0.2, 0) is 22.6 Å². The van der Waals surface area contributed by atoms with Gasteiger partial charge in [-0.1, -0.05) is 48.0 Å². The third-order valence-corrected chi connectivity index (χ3v) is 5.58. The van der Waals surface area contributed by atoms with Gasteiger partial charge in [0.2, 0.25) is 0 Å². The molecule has 6 nitrogen and oxygen atoms in total. The van der Waals surface area contributed by atoms with Gasteiger partial charge in [0.1, 0.15) is 5.75 Å². The Morgan fingerprint density at radius 3 is 2.27 bits per heavy atom. The molecule has 0 bridgehead atoms. The zero-order valence-electron chi connectivity index (χ0n) is 20.0. The van der Waals surface area contributed by atoms with Crippen LogP contribution < -0.4 is 4.74 Å². The molecular weight excluding hydrogens is 416 g/mol. The minimum atomic E-state index is -0.668. The van der Waals surface area contributed by atoms with Crippen molar-refractivity contribution in [2.75, 3.05) is 6.61 Å². The lowest BCUT2D eigenvalue weighted by Gasteiger charge is -2.26. The van der Waals surface area contributed by atoms with E-state index in [9.17, 15) is 9.59 Å². The van der Waals surface area contributed by atoms with Crippen molar-refractivity contribution in [1.82, 2.24) is 9.88 Å². The third kappa shape index (κ3) is 6.04. The fraction of sp³-hybridized carbons (Fsp3) is 0.333. The summed E-state index contributed by atoms with van der Waals surface area (Å²) in [6.45, 7) is 10.4. The van der Waals surface area contributed by atoms with E-state index in [-0.39, 0.29) is 11.9 Å². The number of para-hydroxylation sites is 1. The number of carbonyl (C=O) groups excluding carboxylic acids is 2. The zero-order valence-corrected chi connectivity index (χ0v) is 20.0. The second kappa shape index (κ2) is 10.9. The molecule has 0 aliphatic rings. The SMILES string of the molecule is CCOC(=O)c1c(C)[nH]c(CN(Cc2ccc(C)cc2)C(=O)[C@@H](C)Oc2ccccc2)c1C. The number of aromatic nitrogens is 1. The summed E-state index contributed by atoms with van der Waals surface area (Å²) in [6.07, 6.45) is -0.668. The van der Waals surface area contributed by atoms with Crippen molar-refractivity contribution in [1.29, 1.82) is 0 Å². The van der Waals surface area contributed by atoms with Crippen molar-refractivity contribution in [3.05, 3.63) is 88.2 Å². The highest BCUT2D eigenvalue weighted by Gasteiger charge is 2.26. The molecule has 0 fully saturated rings. The molecule has 1 heterocycles. The quantitative estimate of drug-likeness (QED) is 0.462. The first-order valence-corrected chi connectivity index (χ1v) is 11.2. The highest BCUT2D eigenvalue weighted by atomic mass is 16.5. The molecule has 0 aliphatic carbocycles. The summed E-state index contributed by atoms with van der Waals surface area (Å²) in [4.78, 5) is 30.9. The lowest BCUT2D eigenvalue weighted by Crippen LogP contribution is -2.40. The molecule has 0 unspecified atom stereocenters. The Bertz CT molecular complexity index is 1090. The molecule has 1 aromatic heterocycles. The predicted octanol–water partition coefficient (Wildman–Crippen LogP) is 5.11. The van der Waals surface area contributed by atoms with Crippen LogP contribution in [0.15, 0.2) is 54.6 Å². The van der Waals surface area contributed by atoms with Gasteiger partial charge in [0.05, 0.1) is 18.7 Å². The summed E-state index contributed by atoms with van der Waals surface area (Å²) in [5.74, 6) is 0.154. The van der Waals surface area contributed by atoms with Crippen molar-refractivity contribution in [2.45, 2.75) is 53.8 Å². The first kappa shape index (κ1) is 24.1. The van der Waals surface area contributed by atoms with Gasteiger partial charge in [0.15, 0.2) is 6.10 Å². The highest BCUT2D eigenvalue weighted by molar-refractivity contribution is 5.93. The van der Waals surface area contributed by atoms with E-state index in [1.807, 2.05) is 75.4 Å². The second-order valence-electron chi connectivity index (χ2n) is 8.20. The van der Waals surface area contributed by atoms with Gasteiger partial charge in [-0.25, -0.2) is 4.79 Å². The third-order valence-electron chi connectivity index (χ3n) is 5.58. The largest absolute Gasteiger partial charge is 0.481 e. The molecule has 1 N–H and O–H groups in total. The first-order valence-electron chi connectivity index (χ1n) is 11.2. The summed E-state index contributed by atoms with van der Waals surface area (Å²) in [6, 6.07) is 17.4. The molecular formula is C27H32N2O4. The molecule has 3 rings (SSSR count). The Morgan fingerprint density at radius 1 is 0.970 bits per heavy atom. The maximum Gasteiger partial charge on any atom is 0.340 e. The van der Waals surface area contributed by atoms with Crippen LogP contribution in [0.4, 0.5) is 0 Å². The van der Waals surface area contributed by atoms with Crippen molar-refractivity contribution >= 4 is 11.9 Å². The number of aryl methyl sites for hydroxylation is 2. The topological polar surface area (TPSA) is 71.6 Å². The van der Waals surface area contributed by atoms with Crippen LogP contribution in [0, 0.1) is 20.8 Å². The van der Waals surface area contributed by atoms with Crippen LogP contribution in [0.1, 0.15) is 52.3 Å². The van der Waals surface area contributed by atoms with Gasteiger partial charge >= 0.3 is 5.97 Å². The van der Waals surface area contributed by atoms with Crippen molar-refractivity contribution in [3.8, 4) is 5.75 Å². The number of hydrogen-bond acceptors (Lipinski definition) is 4. The second-order valence-corrected chi connectivity index (χ2v) is 8.20. The van der Waals surface area contributed by atoms with E-state index in [4.69, 9.17) is 9.47 Å². The first-order chi connectivity index (χ1) is 15.8. The molecule has 1 amide bonds. The average Bonchev–Trinajstić information content (AvgIpc) is 3.07. The van der Waals surface area contributed by atoms with Crippen LogP contribution in [0.2, 0.25) is 0 Å². The Hall–Kier alpha value is -3.54. The summed E-state index contributed by atoms with van der Waals surface area (Å²) in [5, 5.41) is 0. The van der Waals surface area contributed by atoms with Gasteiger partial charge in [0, 0.05) is 17.9 Å². The van der Waals surface area contributed by atoms with E-state index in [0.29, 0.717) is 31.0 Å². The smallest absolute Gasteiger partial charge is 0.340 e. The Labute approximate surface area is 195 Å². The number of carbonyl (C=O) groups is 2. The standard InChI is InChI=1S/C27H32N2O4/c1-6-32-27(31)25-19(3)24(28-20(25)4)17-29(16-22-14-12-18(2)13-15-22)26(30)21(5)33-23-10-8-7-9-11-23/h7-15,21,28H,6,16-17H2,1-5H3/t21-/m1/s1. The molecule has 33 heavy (non-hydrogen) atoms. The van der Waals surface area contributed by atoms with Gasteiger partial charge in [-0.15, -0.1) is 0 Å². The van der Waals surface area contributed by atoms with Crippen LogP contribution in [0.5, 0.6) is 5.75 Å². The van der Waals surface area contributed by atoms with Crippen molar-refractivity contribution < 1.29 is 19.1 Å². The Morgan fingerprint density at radius 2 is 1.64 bits per heavy atom. The molecule has 0 radical (unpaired) electrons. The van der Waals surface area contributed by atoms with E-state index in [1.54, 1.807) is 18.7 Å². The number of H-pyrrole nitrogens is 1. The van der Waals surface area contributed by atoms with Gasteiger partial charge < -0.3 is 19.4 Å². The fourth-order valence-corrected chi connectivity index (χ4v) is 3.81. The van der Waals surface area contributed by atoms with E-state index in [0.717, 1.165) is 28.1 Å². The Kier molecular flexibility index (Phi) is 7.93. The molecule has 2 aromatic carbocycles. The number of esters is 1. The molecule has 0 spiro atoms. The summed E-state index contributed by atoms with van der Waals surface area (Å²) >= 11 is 0. The molecule has 6 heteroatoms. The maximum absolute atomic E-state index is 13.5. The van der Waals surface area contributed by atoms with E-state index >= 15 is 0 Å². The molecule has 1 atom stereocenters. The number of nitrogens with one attached hydrogen (secondary N) is 1. The van der Waals surface area contributed by atoms with E-state index in [2.05, 4.69) is 4.98 Å². The summed E-state index contributed by atoms with van der Waals surface area (Å²) < 4.78 is 11.1. The number of rotatable bonds is 9. The lowest BCUT2D eigenvalue weighted by atomic mass is 10.1. The number of amides is 1. The van der Waals surface area contributed by atoms with Crippen LogP contribution >= 0.6 is 0 Å². The minimum absolute atomic E-state index is 0.135. The van der Waals surface area contributed by atoms with Gasteiger partial charge in [-0.2, -0.15) is 0 Å². The van der Waals surface area contributed by atoms with Gasteiger partial charge in [0.25, 0.3) is 5.91 Å². The molecule has 3 aromatic rings. The summed E-state index contributed by atoms with van der Waals surface area (Å²) in [5.41, 5.74) is 5.05. The number of benzene rings is 2. The molecule has 0 saturated heterocycles. The van der Waals surface area contributed by atoms with Crippen LogP contribution in [0.3, 0.4) is 0 Å². The number of ether oxygens (including phenoxy) is 2. The normalized spacial score (nSPS) is 11.7. The number of hydrogen-bond donors (Lipinski definition) is 1. The Balaban J connectivity index is 1.87.